The minimum Gasteiger partial charge on any atom is -0.468 e. The van der Waals surface area contributed by atoms with Crippen molar-refractivity contribution >= 4 is 21.9 Å². The summed E-state index contributed by atoms with van der Waals surface area (Å²) in [6, 6.07) is 6.22. The molecule has 0 aliphatic carbocycles. The van der Waals surface area contributed by atoms with Gasteiger partial charge in [0.15, 0.2) is 0 Å². The monoisotopic (exact) mass is 270 g/mol. The predicted octanol–water partition coefficient (Wildman–Crippen LogP) is 2.78. The Bertz CT molecular complexity index is 361. The minimum atomic E-state index is -0.260. The fourth-order valence-corrected chi connectivity index (χ4v) is 1.91. The number of benzene rings is 1. The molecule has 1 atom stereocenters. The Balaban J connectivity index is 2.73. The summed E-state index contributed by atoms with van der Waals surface area (Å²) in [7, 11) is 1.40. The Morgan fingerprint density at radius 3 is 2.60 bits per heavy atom. The van der Waals surface area contributed by atoms with Crippen LogP contribution in [0.2, 0.25) is 0 Å². The smallest absolute Gasteiger partial charge is 0.319 e. The molecular formula is C12H15BrO2. The molecule has 1 unspecified atom stereocenters. The molecule has 0 bridgehead atoms. The van der Waals surface area contributed by atoms with Gasteiger partial charge in [-0.1, -0.05) is 34.1 Å². The topological polar surface area (TPSA) is 26.3 Å². The third kappa shape index (κ3) is 3.34. The van der Waals surface area contributed by atoms with E-state index in [4.69, 9.17) is 0 Å². The predicted molar refractivity (Wildman–Crippen MR) is 64.4 cm³/mol. The molecule has 1 aromatic rings. The molecule has 0 aliphatic heterocycles. The highest BCUT2D eigenvalue weighted by atomic mass is 79.9. The lowest BCUT2D eigenvalue weighted by atomic mass is 10.0. The normalized spacial score (nSPS) is 12.3. The van der Waals surface area contributed by atoms with Crippen LogP contribution in [0.5, 0.6) is 0 Å². The number of hydrogen-bond donors (Lipinski definition) is 0. The van der Waals surface area contributed by atoms with Gasteiger partial charge in [0.2, 0.25) is 0 Å². The first kappa shape index (κ1) is 12.2. The summed E-state index contributed by atoms with van der Waals surface area (Å²) in [5.41, 5.74) is 3.66. The second-order valence-corrected chi connectivity index (χ2v) is 4.72. The van der Waals surface area contributed by atoms with Crippen LogP contribution in [-0.4, -0.2) is 17.9 Å². The lowest BCUT2D eigenvalue weighted by Crippen LogP contribution is -2.18. The minimum absolute atomic E-state index is 0.228. The van der Waals surface area contributed by atoms with E-state index in [9.17, 15) is 4.79 Å². The Hall–Kier alpha value is -0.830. The molecule has 2 nitrogen and oxygen atoms in total. The van der Waals surface area contributed by atoms with Crippen molar-refractivity contribution in [1.29, 1.82) is 0 Å². The quantitative estimate of drug-likeness (QED) is 0.624. The van der Waals surface area contributed by atoms with Crippen molar-refractivity contribution in [2.45, 2.75) is 25.1 Å². The number of ether oxygens (including phenoxy) is 1. The molecule has 1 aromatic carbocycles. The molecule has 0 saturated carbocycles. The molecule has 3 heteroatoms. The van der Waals surface area contributed by atoms with Crippen molar-refractivity contribution in [1.82, 2.24) is 0 Å². The van der Waals surface area contributed by atoms with Gasteiger partial charge in [0, 0.05) is 0 Å². The van der Waals surface area contributed by atoms with E-state index in [0.29, 0.717) is 6.42 Å². The van der Waals surface area contributed by atoms with Gasteiger partial charge < -0.3 is 4.74 Å². The molecule has 0 radical (unpaired) electrons. The summed E-state index contributed by atoms with van der Waals surface area (Å²) in [6.45, 7) is 4.14. The fourth-order valence-electron chi connectivity index (χ4n) is 1.35. The maximum atomic E-state index is 11.2. The van der Waals surface area contributed by atoms with Crippen LogP contribution in [-0.2, 0) is 16.0 Å². The summed E-state index contributed by atoms with van der Waals surface area (Å²) in [4.78, 5) is 10.9. The van der Waals surface area contributed by atoms with Crippen molar-refractivity contribution < 1.29 is 9.53 Å². The standard InChI is InChI=1S/C12H15BrO2/c1-8-4-5-10(6-9(8)2)7-11(13)12(14)15-3/h4-6,11H,7H2,1-3H3. The highest BCUT2D eigenvalue weighted by Gasteiger charge is 2.15. The van der Waals surface area contributed by atoms with Crippen LogP contribution in [0, 0.1) is 13.8 Å². The first-order valence-corrected chi connectivity index (χ1v) is 5.74. The molecule has 0 saturated heterocycles. The van der Waals surface area contributed by atoms with E-state index in [-0.39, 0.29) is 10.8 Å². The molecule has 0 aromatic heterocycles. The zero-order chi connectivity index (χ0) is 11.4. The maximum Gasteiger partial charge on any atom is 0.319 e. The number of methoxy groups -OCH3 is 1. The molecule has 0 heterocycles. The number of carbonyl (C=O) groups is 1. The summed E-state index contributed by atoms with van der Waals surface area (Å²) < 4.78 is 4.65. The zero-order valence-electron chi connectivity index (χ0n) is 9.21. The van der Waals surface area contributed by atoms with E-state index in [1.54, 1.807) is 0 Å². The van der Waals surface area contributed by atoms with E-state index in [1.165, 1.54) is 18.2 Å². The van der Waals surface area contributed by atoms with Crippen molar-refractivity contribution in [2.75, 3.05) is 7.11 Å². The molecule has 0 fully saturated rings. The molecule has 1 rings (SSSR count). The van der Waals surface area contributed by atoms with Crippen molar-refractivity contribution in [3.8, 4) is 0 Å². The van der Waals surface area contributed by atoms with Crippen LogP contribution in [0.3, 0.4) is 0 Å². The third-order valence-electron chi connectivity index (χ3n) is 2.44. The Kier molecular flexibility index (Phi) is 4.33. The second-order valence-electron chi connectivity index (χ2n) is 3.61. The van der Waals surface area contributed by atoms with E-state index >= 15 is 0 Å². The van der Waals surface area contributed by atoms with E-state index in [0.717, 1.165) is 5.56 Å². The number of aryl methyl sites for hydroxylation is 2. The van der Waals surface area contributed by atoms with Gasteiger partial charge in [0.1, 0.15) is 4.83 Å². The molecular weight excluding hydrogens is 256 g/mol. The molecule has 0 amide bonds. The average Bonchev–Trinajstić information content (AvgIpc) is 2.22. The molecule has 0 spiro atoms. The van der Waals surface area contributed by atoms with Gasteiger partial charge >= 0.3 is 5.97 Å². The largest absolute Gasteiger partial charge is 0.468 e. The summed E-state index contributed by atoms with van der Waals surface area (Å²) >= 11 is 3.31. The molecule has 82 valence electrons. The lowest BCUT2D eigenvalue weighted by molar-refractivity contribution is -0.139. The van der Waals surface area contributed by atoms with Crippen molar-refractivity contribution in [2.24, 2.45) is 0 Å². The number of rotatable bonds is 3. The van der Waals surface area contributed by atoms with E-state index < -0.39 is 0 Å². The van der Waals surface area contributed by atoms with E-state index in [1.807, 2.05) is 6.07 Å². The highest BCUT2D eigenvalue weighted by Crippen LogP contribution is 2.15. The van der Waals surface area contributed by atoms with Gasteiger partial charge in [-0.2, -0.15) is 0 Å². The summed E-state index contributed by atoms with van der Waals surface area (Å²) in [5, 5.41) is 0. The molecule has 0 aliphatic rings. The fraction of sp³-hybridized carbons (Fsp3) is 0.417. The van der Waals surface area contributed by atoms with Crippen LogP contribution in [0.1, 0.15) is 16.7 Å². The SMILES string of the molecule is COC(=O)C(Br)Cc1ccc(C)c(C)c1. The van der Waals surface area contributed by atoms with Gasteiger partial charge in [0.05, 0.1) is 7.11 Å². The Morgan fingerprint density at radius 2 is 2.07 bits per heavy atom. The second kappa shape index (κ2) is 5.31. The van der Waals surface area contributed by atoms with Gasteiger partial charge in [-0.3, -0.25) is 4.79 Å². The van der Waals surface area contributed by atoms with Gasteiger partial charge in [-0.25, -0.2) is 0 Å². The first-order chi connectivity index (χ1) is 7.04. The highest BCUT2D eigenvalue weighted by molar-refractivity contribution is 9.10. The van der Waals surface area contributed by atoms with Gasteiger partial charge in [-0.05, 0) is 37.0 Å². The van der Waals surface area contributed by atoms with Crippen LogP contribution < -0.4 is 0 Å². The number of carbonyl (C=O) groups excluding carboxylic acids is 1. The lowest BCUT2D eigenvalue weighted by Gasteiger charge is -2.09. The van der Waals surface area contributed by atoms with Crippen LogP contribution >= 0.6 is 15.9 Å². The summed E-state index contributed by atoms with van der Waals surface area (Å²) in [6.07, 6.45) is 0.661. The maximum absolute atomic E-state index is 11.2. The van der Waals surface area contributed by atoms with Crippen LogP contribution in [0.4, 0.5) is 0 Å². The zero-order valence-corrected chi connectivity index (χ0v) is 10.8. The number of hydrogen-bond acceptors (Lipinski definition) is 2. The summed E-state index contributed by atoms with van der Waals surface area (Å²) in [5.74, 6) is -0.228. The van der Waals surface area contributed by atoms with Crippen LogP contribution in [0.15, 0.2) is 18.2 Å². The van der Waals surface area contributed by atoms with Gasteiger partial charge in [0.25, 0.3) is 0 Å². The number of halogens is 1. The van der Waals surface area contributed by atoms with Crippen molar-refractivity contribution in [3.63, 3.8) is 0 Å². The Morgan fingerprint density at radius 1 is 1.40 bits per heavy atom. The van der Waals surface area contributed by atoms with Crippen molar-refractivity contribution in [3.05, 3.63) is 34.9 Å². The number of alkyl halides is 1. The first-order valence-electron chi connectivity index (χ1n) is 4.82. The average molecular weight is 271 g/mol. The number of esters is 1. The van der Waals surface area contributed by atoms with Gasteiger partial charge in [-0.15, -0.1) is 0 Å². The van der Waals surface area contributed by atoms with Crippen LogP contribution in [0.25, 0.3) is 0 Å². The molecule has 0 N–H and O–H groups in total. The third-order valence-corrected chi connectivity index (χ3v) is 3.14. The Labute approximate surface area is 98.8 Å². The van der Waals surface area contributed by atoms with E-state index in [2.05, 4.69) is 46.6 Å². The molecule has 15 heavy (non-hydrogen) atoms.